The Bertz CT molecular complexity index is 415. The minimum absolute atomic E-state index is 0.0948. The summed E-state index contributed by atoms with van der Waals surface area (Å²) in [5, 5.41) is 19.9. The number of carbonyl (C=O) groups excluding carboxylic acids is 1. The van der Waals surface area contributed by atoms with Crippen LogP contribution in [0.25, 0.3) is 0 Å². The van der Waals surface area contributed by atoms with Crippen LogP contribution in [-0.2, 0) is 21.9 Å². The molecule has 0 aromatic heterocycles. The molecule has 18 heavy (non-hydrogen) atoms. The van der Waals surface area contributed by atoms with E-state index in [-0.39, 0.29) is 12.2 Å². The van der Waals surface area contributed by atoms with Gasteiger partial charge in [0, 0.05) is 12.1 Å². The molecule has 0 heterocycles. The van der Waals surface area contributed by atoms with Crippen LogP contribution in [0.2, 0.25) is 0 Å². The second-order valence-electron chi connectivity index (χ2n) is 4.29. The van der Waals surface area contributed by atoms with E-state index in [1.807, 2.05) is 19.0 Å². The van der Waals surface area contributed by atoms with Gasteiger partial charge in [-0.25, -0.2) is 4.79 Å². The third-order valence-corrected chi connectivity index (χ3v) is 2.44. The maximum absolute atomic E-state index is 11.6. The first kappa shape index (κ1) is 14.6. The number of nitrogens with zero attached hydrogens (tertiary/aromatic N) is 1. The van der Waals surface area contributed by atoms with Crippen LogP contribution in [0.4, 0.5) is 0 Å². The lowest BCUT2D eigenvalue weighted by molar-refractivity contribution is -0.213. The van der Waals surface area contributed by atoms with E-state index in [2.05, 4.69) is 4.74 Å². The summed E-state index contributed by atoms with van der Waals surface area (Å²) in [6, 6.07) is 6.68. The van der Waals surface area contributed by atoms with Crippen molar-refractivity contribution < 1.29 is 19.7 Å². The topological polar surface area (TPSA) is 70.0 Å². The molecule has 0 aliphatic rings. The highest BCUT2D eigenvalue weighted by Gasteiger charge is 2.38. The Morgan fingerprint density at radius 3 is 2.50 bits per heavy atom. The van der Waals surface area contributed by atoms with Crippen molar-refractivity contribution in [2.24, 2.45) is 0 Å². The monoisotopic (exact) mass is 253 g/mol. The van der Waals surface area contributed by atoms with Gasteiger partial charge >= 0.3 is 5.97 Å². The van der Waals surface area contributed by atoms with Crippen LogP contribution in [-0.4, -0.2) is 41.8 Å². The molecule has 5 heteroatoms. The molecule has 1 aromatic carbocycles. The molecule has 0 unspecified atom stereocenters. The highest BCUT2D eigenvalue weighted by atomic mass is 16.6. The van der Waals surface area contributed by atoms with E-state index in [9.17, 15) is 15.0 Å². The van der Waals surface area contributed by atoms with Crippen molar-refractivity contribution in [3.63, 3.8) is 0 Å². The molecule has 0 aliphatic heterocycles. The maximum Gasteiger partial charge on any atom is 0.371 e. The lowest BCUT2D eigenvalue weighted by Crippen LogP contribution is -2.38. The average molecular weight is 253 g/mol. The van der Waals surface area contributed by atoms with Gasteiger partial charge in [-0.05, 0) is 26.6 Å². The summed E-state index contributed by atoms with van der Waals surface area (Å²) < 4.78 is 4.67. The zero-order valence-corrected chi connectivity index (χ0v) is 10.9. The first-order valence-corrected chi connectivity index (χ1v) is 5.74. The standard InChI is InChI=1S/C13H19NO4/c1-4-18-12(15)13(16,17)11-8-6-5-7-10(11)9-14(2)3/h5-8,16-17H,4,9H2,1-3H3. The van der Waals surface area contributed by atoms with Crippen molar-refractivity contribution in [3.05, 3.63) is 35.4 Å². The molecule has 0 saturated carbocycles. The van der Waals surface area contributed by atoms with Crippen LogP contribution >= 0.6 is 0 Å². The summed E-state index contributed by atoms with van der Waals surface area (Å²) in [5.41, 5.74) is 0.817. The van der Waals surface area contributed by atoms with Crippen LogP contribution in [0.5, 0.6) is 0 Å². The lowest BCUT2D eigenvalue weighted by atomic mass is 9.99. The van der Waals surface area contributed by atoms with Crippen molar-refractivity contribution in [3.8, 4) is 0 Å². The zero-order valence-electron chi connectivity index (χ0n) is 10.9. The Hall–Kier alpha value is -1.43. The maximum atomic E-state index is 11.6. The molecule has 0 saturated heterocycles. The summed E-state index contributed by atoms with van der Waals surface area (Å²) in [4.78, 5) is 13.4. The predicted octanol–water partition coefficient (Wildman–Crippen LogP) is 0.449. The van der Waals surface area contributed by atoms with Gasteiger partial charge in [0.2, 0.25) is 0 Å². The fraction of sp³-hybridized carbons (Fsp3) is 0.462. The molecule has 0 bridgehead atoms. The predicted molar refractivity (Wildman–Crippen MR) is 66.6 cm³/mol. The second kappa shape index (κ2) is 5.95. The van der Waals surface area contributed by atoms with Crippen LogP contribution in [0, 0.1) is 0 Å². The lowest BCUT2D eigenvalue weighted by Gasteiger charge is -2.23. The number of esters is 1. The van der Waals surface area contributed by atoms with Gasteiger partial charge in [0.25, 0.3) is 5.79 Å². The van der Waals surface area contributed by atoms with Crippen molar-refractivity contribution in [1.29, 1.82) is 0 Å². The minimum atomic E-state index is -2.61. The Morgan fingerprint density at radius 2 is 1.94 bits per heavy atom. The molecular weight excluding hydrogens is 234 g/mol. The number of ether oxygens (including phenoxy) is 1. The molecule has 2 N–H and O–H groups in total. The van der Waals surface area contributed by atoms with Crippen LogP contribution in [0.1, 0.15) is 18.1 Å². The highest BCUT2D eigenvalue weighted by molar-refractivity contribution is 5.79. The third-order valence-electron chi connectivity index (χ3n) is 2.44. The number of hydrogen-bond donors (Lipinski definition) is 2. The first-order chi connectivity index (χ1) is 8.39. The number of hydrogen-bond acceptors (Lipinski definition) is 5. The van der Waals surface area contributed by atoms with Gasteiger partial charge in [0.15, 0.2) is 0 Å². The van der Waals surface area contributed by atoms with E-state index in [4.69, 9.17) is 0 Å². The summed E-state index contributed by atoms with van der Waals surface area (Å²) in [5.74, 6) is -3.67. The van der Waals surface area contributed by atoms with E-state index >= 15 is 0 Å². The van der Waals surface area contributed by atoms with E-state index in [1.165, 1.54) is 6.07 Å². The van der Waals surface area contributed by atoms with Crippen molar-refractivity contribution in [2.75, 3.05) is 20.7 Å². The number of aliphatic hydroxyl groups is 2. The van der Waals surface area contributed by atoms with Gasteiger partial charge < -0.3 is 19.8 Å². The van der Waals surface area contributed by atoms with Crippen LogP contribution < -0.4 is 0 Å². The van der Waals surface area contributed by atoms with Crippen molar-refractivity contribution in [1.82, 2.24) is 4.90 Å². The number of carbonyl (C=O) groups is 1. The van der Waals surface area contributed by atoms with Gasteiger partial charge in [-0.15, -0.1) is 0 Å². The molecular formula is C13H19NO4. The Morgan fingerprint density at radius 1 is 1.33 bits per heavy atom. The molecule has 0 radical (unpaired) electrons. The van der Waals surface area contributed by atoms with Gasteiger partial charge in [-0.1, -0.05) is 24.3 Å². The Balaban J connectivity index is 3.10. The van der Waals surface area contributed by atoms with E-state index in [1.54, 1.807) is 25.1 Å². The van der Waals surface area contributed by atoms with E-state index in [0.717, 1.165) is 0 Å². The van der Waals surface area contributed by atoms with Gasteiger partial charge in [-0.2, -0.15) is 0 Å². The van der Waals surface area contributed by atoms with Gasteiger partial charge in [0.05, 0.1) is 6.61 Å². The summed E-state index contributed by atoms with van der Waals surface area (Å²) in [6.45, 7) is 2.20. The third kappa shape index (κ3) is 3.29. The average Bonchev–Trinajstić information content (AvgIpc) is 2.29. The Labute approximate surface area is 107 Å². The molecule has 0 atom stereocenters. The molecule has 1 aromatic rings. The van der Waals surface area contributed by atoms with Crippen molar-refractivity contribution in [2.45, 2.75) is 19.3 Å². The van der Waals surface area contributed by atoms with Crippen molar-refractivity contribution >= 4 is 5.97 Å². The van der Waals surface area contributed by atoms with Gasteiger partial charge in [-0.3, -0.25) is 0 Å². The number of benzene rings is 1. The SMILES string of the molecule is CCOC(=O)C(O)(O)c1ccccc1CN(C)C. The highest BCUT2D eigenvalue weighted by Crippen LogP contribution is 2.24. The molecule has 0 spiro atoms. The zero-order chi connectivity index (χ0) is 13.8. The molecule has 5 nitrogen and oxygen atoms in total. The number of rotatable bonds is 5. The quantitative estimate of drug-likeness (QED) is 0.589. The summed E-state index contributed by atoms with van der Waals surface area (Å²) in [6.07, 6.45) is 0. The fourth-order valence-electron chi connectivity index (χ4n) is 1.68. The molecule has 0 fully saturated rings. The second-order valence-corrected chi connectivity index (χ2v) is 4.29. The largest absolute Gasteiger partial charge is 0.462 e. The summed E-state index contributed by atoms with van der Waals surface area (Å²) >= 11 is 0. The molecule has 100 valence electrons. The molecule has 0 amide bonds. The molecule has 1 rings (SSSR count). The first-order valence-electron chi connectivity index (χ1n) is 5.74. The van der Waals surface area contributed by atoms with E-state index < -0.39 is 11.8 Å². The van der Waals surface area contributed by atoms with E-state index in [0.29, 0.717) is 12.1 Å². The smallest absolute Gasteiger partial charge is 0.371 e. The van der Waals surface area contributed by atoms with Gasteiger partial charge in [0.1, 0.15) is 0 Å². The van der Waals surface area contributed by atoms with Crippen LogP contribution in [0.3, 0.4) is 0 Å². The van der Waals surface area contributed by atoms with Crippen LogP contribution in [0.15, 0.2) is 24.3 Å². The Kier molecular flexibility index (Phi) is 4.84. The minimum Gasteiger partial charge on any atom is -0.462 e. The normalized spacial score (nSPS) is 11.7. The molecule has 0 aliphatic carbocycles. The fourth-order valence-corrected chi connectivity index (χ4v) is 1.68. The summed E-state index contributed by atoms with van der Waals surface area (Å²) in [7, 11) is 3.72.